The van der Waals surface area contributed by atoms with E-state index in [0.29, 0.717) is 21.3 Å². The minimum atomic E-state index is -0.742. The topological polar surface area (TPSA) is 91.7 Å². The number of anilines is 3. The number of carbonyl (C=O) groups is 3. The second-order valence-corrected chi connectivity index (χ2v) is 13.7. The van der Waals surface area contributed by atoms with Crippen LogP contribution in [0.4, 0.5) is 17.1 Å². The molecule has 8 nitrogen and oxygen atoms in total. The summed E-state index contributed by atoms with van der Waals surface area (Å²) in [5, 5.41) is 4.80. The Morgan fingerprint density at radius 2 is 1.58 bits per heavy atom. The van der Waals surface area contributed by atoms with E-state index in [4.69, 9.17) is 0 Å². The van der Waals surface area contributed by atoms with Crippen molar-refractivity contribution in [2.75, 3.05) is 29.2 Å². The molecule has 7 rings (SSSR count). The van der Waals surface area contributed by atoms with Gasteiger partial charge in [0.2, 0.25) is 17.7 Å². The van der Waals surface area contributed by atoms with E-state index < -0.39 is 17.1 Å². The van der Waals surface area contributed by atoms with Gasteiger partial charge < -0.3 is 10.2 Å². The second-order valence-electron chi connectivity index (χ2n) is 11.6. The zero-order valence-electron chi connectivity index (χ0n) is 24.9. The van der Waals surface area contributed by atoms with Gasteiger partial charge in [-0.15, -0.1) is 0 Å². The lowest BCUT2D eigenvalue weighted by atomic mass is 9.83. The molecule has 0 aliphatic carbocycles. The number of nitrogens with one attached hydrogen (secondary N) is 1. The number of imide groups is 1. The summed E-state index contributed by atoms with van der Waals surface area (Å²) in [4.78, 5) is 58.6. The van der Waals surface area contributed by atoms with Gasteiger partial charge >= 0.3 is 4.87 Å². The van der Waals surface area contributed by atoms with E-state index in [0.717, 1.165) is 38.9 Å². The molecule has 1 N–H and O–H groups in total. The van der Waals surface area contributed by atoms with E-state index in [2.05, 4.69) is 5.32 Å². The average molecular weight is 635 g/mol. The van der Waals surface area contributed by atoms with Crippen molar-refractivity contribution in [3.8, 4) is 0 Å². The van der Waals surface area contributed by atoms with E-state index in [9.17, 15) is 19.2 Å². The molecule has 45 heavy (non-hydrogen) atoms. The predicted octanol–water partition coefficient (Wildman–Crippen LogP) is 5.87. The number of hydrogen-bond donors (Lipinski definition) is 1. The van der Waals surface area contributed by atoms with Gasteiger partial charge in [-0.25, -0.2) is 4.90 Å². The monoisotopic (exact) mass is 634 g/mol. The van der Waals surface area contributed by atoms with Gasteiger partial charge in [0.25, 0.3) is 0 Å². The lowest BCUT2D eigenvalue weighted by Crippen LogP contribution is -2.33. The van der Waals surface area contributed by atoms with Crippen LogP contribution in [0.2, 0.25) is 0 Å². The van der Waals surface area contributed by atoms with Gasteiger partial charge in [-0.2, -0.15) is 0 Å². The Balaban J connectivity index is 1.26. The maximum absolute atomic E-state index is 14.1. The molecule has 4 aromatic carbocycles. The molecule has 1 fully saturated rings. The fourth-order valence-electron chi connectivity index (χ4n) is 6.15. The second kappa shape index (κ2) is 11.4. The molecule has 1 aromatic heterocycles. The maximum Gasteiger partial charge on any atom is 0.308 e. The van der Waals surface area contributed by atoms with Crippen molar-refractivity contribution in [2.45, 2.75) is 29.7 Å². The van der Waals surface area contributed by atoms with Crippen molar-refractivity contribution in [1.29, 1.82) is 0 Å². The van der Waals surface area contributed by atoms with Gasteiger partial charge in [0.15, 0.2) is 0 Å². The summed E-state index contributed by atoms with van der Waals surface area (Å²) in [6.45, 7) is 1.74. The Hall–Kier alpha value is -4.67. The number of hydrogen-bond acceptors (Lipinski definition) is 7. The summed E-state index contributed by atoms with van der Waals surface area (Å²) in [5.74, 6) is -2.16. The number of carbonyl (C=O) groups excluding carboxylic acids is 3. The van der Waals surface area contributed by atoms with Crippen LogP contribution in [0.15, 0.2) is 101 Å². The Morgan fingerprint density at radius 3 is 2.29 bits per heavy atom. The zero-order valence-corrected chi connectivity index (χ0v) is 26.5. The summed E-state index contributed by atoms with van der Waals surface area (Å²) in [6.07, 6.45) is 0. The van der Waals surface area contributed by atoms with Gasteiger partial charge in [-0.05, 0) is 59.7 Å². The molecular weight excluding hydrogens is 605 g/mol. The Morgan fingerprint density at radius 1 is 0.867 bits per heavy atom. The molecule has 2 unspecified atom stereocenters. The van der Waals surface area contributed by atoms with Gasteiger partial charge in [-0.1, -0.05) is 83.3 Å². The Kier molecular flexibility index (Phi) is 7.33. The van der Waals surface area contributed by atoms with Crippen molar-refractivity contribution in [3.63, 3.8) is 0 Å². The van der Waals surface area contributed by atoms with Crippen molar-refractivity contribution in [3.05, 3.63) is 117 Å². The predicted molar refractivity (Wildman–Crippen MR) is 181 cm³/mol. The molecule has 0 radical (unpaired) electrons. The number of benzene rings is 4. The summed E-state index contributed by atoms with van der Waals surface area (Å²) in [5.41, 5.74) is 4.03. The molecule has 1 saturated heterocycles. The number of amides is 3. The molecule has 10 heteroatoms. The maximum atomic E-state index is 14.1. The number of aromatic nitrogens is 1. The molecule has 0 spiro atoms. The average Bonchev–Trinajstić information content (AvgIpc) is 3.47. The van der Waals surface area contributed by atoms with E-state index in [1.165, 1.54) is 21.2 Å². The Labute approximate surface area is 268 Å². The first-order valence-corrected chi connectivity index (χ1v) is 16.3. The third-order valence-electron chi connectivity index (χ3n) is 8.44. The summed E-state index contributed by atoms with van der Waals surface area (Å²) in [6, 6.07) is 28.8. The molecule has 226 valence electrons. The number of aryl methyl sites for hydroxylation is 1. The van der Waals surface area contributed by atoms with Crippen LogP contribution in [0.5, 0.6) is 0 Å². The lowest BCUT2D eigenvalue weighted by Gasteiger charge is -2.31. The summed E-state index contributed by atoms with van der Waals surface area (Å²) < 4.78 is 1.45. The van der Waals surface area contributed by atoms with Crippen LogP contribution in [0, 0.1) is 12.8 Å². The first-order valence-electron chi connectivity index (χ1n) is 14.6. The van der Waals surface area contributed by atoms with Crippen LogP contribution in [-0.4, -0.2) is 41.6 Å². The first kappa shape index (κ1) is 29.1. The molecule has 3 amide bonds. The van der Waals surface area contributed by atoms with Crippen LogP contribution in [0.3, 0.4) is 0 Å². The quantitative estimate of drug-likeness (QED) is 0.235. The van der Waals surface area contributed by atoms with Crippen LogP contribution < -0.4 is 20.0 Å². The lowest BCUT2D eigenvalue weighted by molar-refractivity contribution is -0.122. The highest BCUT2D eigenvalue weighted by Crippen LogP contribution is 2.54. The smallest absolute Gasteiger partial charge is 0.308 e. The van der Waals surface area contributed by atoms with Gasteiger partial charge in [0.1, 0.15) is 11.8 Å². The molecule has 3 atom stereocenters. The Bertz CT molecular complexity index is 2030. The summed E-state index contributed by atoms with van der Waals surface area (Å²) in [7, 11) is 3.90. The number of thiazole rings is 1. The van der Waals surface area contributed by atoms with Gasteiger partial charge in [-0.3, -0.25) is 23.7 Å². The third kappa shape index (κ3) is 5.13. The molecule has 2 aliphatic heterocycles. The number of nitrogens with zero attached hydrogens (tertiary/aromatic N) is 3. The first-order chi connectivity index (χ1) is 21.7. The molecule has 5 aromatic rings. The summed E-state index contributed by atoms with van der Waals surface area (Å²) >= 11 is 2.26. The van der Waals surface area contributed by atoms with Gasteiger partial charge in [0.05, 0.1) is 16.6 Å². The van der Waals surface area contributed by atoms with Crippen molar-refractivity contribution < 1.29 is 14.4 Å². The fourth-order valence-corrected chi connectivity index (χ4v) is 8.93. The third-order valence-corrected chi connectivity index (χ3v) is 11.0. The zero-order chi connectivity index (χ0) is 31.4. The fraction of sp³-hybridized carbons (Fsp3) is 0.200. The molecule has 0 saturated carbocycles. The van der Waals surface area contributed by atoms with Gasteiger partial charge in [0, 0.05) is 36.3 Å². The minimum Gasteiger partial charge on any atom is -0.378 e. The SMILES string of the molecule is Cc1ccc(N2C(=O)C3Sc4c(sc(=O)n4CC(=O)Nc4ccc5ccccc5c4)[C@H](c4ccc(N(C)C)cc4)C3C2=O)cc1. The molecule has 2 aliphatic rings. The van der Waals surface area contributed by atoms with Crippen LogP contribution in [0.25, 0.3) is 10.8 Å². The van der Waals surface area contributed by atoms with Crippen molar-refractivity contribution in [1.82, 2.24) is 4.57 Å². The molecular formula is C35H30N4O4S2. The molecule has 3 heterocycles. The van der Waals surface area contributed by atoms with Crippen LogP contribution >= 0.6 is 23.1 Å². The van der Waals surface area contributed by atoms with E-state index >= 15 is 0 Å². The normalized spacial score (nSPS) is 19.0. The highest BCUT2D eigenvalue weighted by molar-refractivity contribution is 8.00. The minimum absolute atomic E-state index is 0.210. The number of thioether (sulfide) groups is 1. The number of fused-ring (bicyclic) bond motifs is 3. The highest BCUT2D eigenvalue weighted by Gasteiger charge is 2.56. The van der Waals surface area contributed by atoms with E-state index in [1.54, 1.807) is 12.1 Å². The molecule has 0 bridgehead atoms. The largest absolute Gasteiger partial charge is 0.378 e. The van der Waals surface area contributed by atoms with E-state index in [1.807, 2.05) is 105 Å². The van der Waals surface area contributed by atoms with Crippen molar-refractivity contribution in [2.24, 2.45) is 5.92 Å². The number of rotatable bonds is 6. The highest BCUT2D eigenvalue weighted by atomic mass is 32.2. The van der Waals surface area contributed by atoms with Crippen LogP contribution in [0.1, 0.15) is 21.9 Å². The standard InChI is InChI=1S/C35H30N4O4S2/c1-20-8-14-26(15-9-20)39-32(41)29-28(22-11-16-25(17-12-22)37(2)3)31-34(44-30(29)33(39)42)38(35(43)45-31)19-27(40)36-24-13-10-21-6-4-5-7-23(21)18-24/h4-18,28-30H,19H2,1-3H3,(H,36,40)/t28-,29?,30?/m1/s1. The van der Waals surface area contributed by atoms with Crippen LogP contribution in [-0.2, 0) is 20.9 Å². The van der Waals surface area contributed by atoms with E-state index in [-0.39, 0.29) is 29.1 Å². The van der Waals surface area contributed by atoms with Crippen molar-refractivity contribution >= 4 is 68.7 Å².